The summed E-state index contributed by atoms with van der Waals surface area (Å²) in [7, 11) is 1.68. The van der Waals surface area contributed by atoms with E-state index >= 15 is 0 Å². The molecule has 2 aromatic carbocycles. The van der Waals surface area contributed by atoms with Crippen LogP contribution in [0, 0.1) is 0 Å². The number of rotatable bonds is 6. The van der Waals surface area contributed by atoms with Crippen molar-refractivity contribution >= 4 is 5.91 Å². The number of ether oxygens (including phenoxy) is 2. The maximum Gasteiger partial charge on any atom is 0.255 e. The van der Waals surface area contributed by atoms with Crippen molar-refractivity contribution in [3.63, 3.8) is 0 Å². The lowest BCUT2D eigenvalue weighted by atomic mass is 9.71. The topological polar surface area (TPSA) is 68.6 Å². The van der Waals surface area contributed by atoms with Crippen LogP contribution in [0.4, 0.5) is 0 Å². The molecule has 2 atom stereocenters. The first-order chi connectivity index (χ1) is 19.5. The number of carbonyl (C=O) groups is 1. The third-order valence-electron chi connectivity index (χ3n) is 9.16. The molecule has 218 valence electrons. The first-order valence-electron chi connectivity index (χ1n) is 15.1. The van der Waals surface area contributed by atoms with Crippen LogP contribution in [-0.2, 0) is 11.3 Å². The summed E-state index contributed by atoms with van der Waals surface area (Å²) in [5, 5.41) is 8.53. The van der Waals surface area contributed by atoms with Crippen molar-refractivity contribution in [2.45, 2.75) is 103 Å². The van der Waals surface area contributed by atoms with Crippen LogP contribution < -0.4 is 10.1 Å². The minimum absolute atomic E-state index is 0.00526. The molecule has 3 aliphatic heterocycles. The molecule has 2 fully saturated rings. The van der Waals surface area contributed by atoms with E-state index in [9.17, 15) is 4.79 Å². The van der Waals surface area contributed by atoms with Gasteiger partial charge in [-0.15, -0.1) is 0 Å². The van der Waals surface area contributed by atoms with Gasteiger partial charge in [-0.2, -0.15) is 5.10 Å². The number of methoxy groups -OCH3 is 1. The second kappa shape index (κ2) is 10.6. The van der Waals surface area contributed by atoms with E-state index in [1.165, 1.54) is 11.1 Å². The fourth-order valence-electron chi connectivity index (χ4n) is 7.50. The molecule has 1 unspecified atom stereocenters. The molecule has 0 aliphatic carbocycles. The average molecular weight is 557 g/mol. The van der Waals surface area contributed by atoms with Gasteiger partial charge in [-0.1, -0.05) is 18.2 Å². The Bertz CT molecular complexity index is 1420. The number of nitrogens with zero attached hydrogens (tertiary/aromatic N) is 3. The molecule has 0 bridgehead atoms. The lowest BCUT2D eigenvalue weighted by molar-refractivity contribution is -0.0394. The zero-order valence-corrected chi connectivity index (χ0v) is 25.4. The predicted molar refractivity (Wildman–Crippen MR) is 161 cm³/mol. The van der Waals surface area contributed by atoms with Crippen molar-refractivity contribution in [3.05, 3.63) is 71.0 Å². The third-order valence-corrected chi connectivity index (χ3v) is 9.16. The number of carbonyl (C=O) groups excluding carboxylic acids is 1. The molecule has 4 heterocycles. The Morgan fingerprint density at radius 2 is 1.85 bits per heavy atom. The second-order valence-corrected chi connectivity index (χ2v) is 13.5. The molecule has 41 heavy (non-hydrogen) atoms. The zero-order valence-electron chi connectivity index (χ0n) is 25.4. The number of hydrogen-bond acceptors (Lipinski definition) is 5. The number of benzene rings is 2. The largest absolute Gasteiger partial charge is 0.497 e. The molecule has 0 radical (unpaired) electrons. The molecule has 6 rings (SSSR count). The van der Waals surface area contributed by atoms with Gasteiger partial charge in [0.1, 0.15) is 12.0 Å². The maximum absolute atomic E-state index is 14.1. The van der Waals surface area contributed by atoms with Crippen LogP contribution >= 0.6 is 0 Å². The normalized spacial score (nSPS) is 22.9. The van der Waals surface area contributed by atoms with Gasteiger partial charge < -0.3 is 19.7 Å². The molecular weight excluding hydrogens is 512 g/mol. The van der Waals surface area contributed by atoms with Gasteiger partial charge in [-0.05, 0) is 113 Å². The molecule has 1 aromatic heterocycles. The number of nitrogens with one attached hydrogen (secondary N) is 1. The van der Waals surface area contributed by atoms with Gasteiger partial charge >= 0.3 is 0 Å². The number of piperidine rings is 1. The fraction of sp³-hybridized carbons (Fsp3) is 0.529. The molecule has 0 spiro atoms. The lowest BCUT2D eigenvalue weighted by Gasteiger charge is -2.47. The fourth-order valence-corrected chi connectivity index (χ4v) is 7.50. The number of amides is 1. The van der Waals surface area contributed by atoms with Crippen molar-refractivity contribution in [2.75, 3.05) is 13.7 Å². The molecule has 2 saturated heterocycles. The quantitative estimate of drug-likeness (QED) is 0.354. The third kappa shape index (κ3) is 5.54. The summed E-state index contributed by atoms with van der Waals surface area (Å²) in [5.41, 5.74) is 6.45. The van der Waals surface area contributed by atoms with Gasteiger partial charge in [0.05, 0.1) is 19.3 Å². The summed E-state index contributed by atoms with van der Waals surface area (Å²) < 4.78 is 13.4. The molecule has 7 nitrogen and oxygen atoms in total. The van der Waals surface area contributed by atoms with Crippen molar-refractivity contribution in [1.29, 1.82) is 0 Å². The number of aromatic nitrogens is 2. The summed E-state index contributed by atoms with van der Waals surface area (Å²) >= 11 is 0. The van der Waals surface area contributed by atoms with Crippen LogP contribution in [0.15, 0.2) is 48.8 Å². The number of fused-ring (bicyclic) bond motifs is 1. The van der Waals surface area contributed by atoms with Crippen molar-refractivity contribution in [3.8, 4) is 16.9 Å². The first kappa shape index (κ1) is 28.0. The van der Waals surface area contributed by atoms with E-state index in [4.69, 9.17) is 14.6 Å². The maximum atomic E-state index is 14.1. The highest BCUT2D eigenvalue weighted by Gasteiger charge is 2.41. The Labute approximate surface area is 244 Å². The highest BCUT2D eigenvalue weighted by Crippen LogP contribution is 2.45. The Balaban J connectivity index is 1.41. The van der Waals surface area contributed by atoms with Crippen LogP contribution in [0.1, 0.15) is 112 Å². The van der Waals surface area contributed by atoms with E-state index in [2.05, 4.69) is 64.3 Å². The Morgan fingerprint density at radius 3 is 2.56 bits per heavy atom. The standard InChI is InChI=1S/C34H44N4O3/c1-22(23-10-9-11-27(14-23)40-6)37-21-30-28(25-17-33(2,3)36-34(4,5)18-25)15-24(16-29(30)32(37)39)26-19-35-38(20-26)31-12-7-8-13-41-31/h9-11,14-16,19-20,22,25,31,36H,7-8,12-13,17-18,21H2,1-6H3/t22-,31?/m1/s1. The minimum atomic E-state index is -0.0756. The van der Waals surface area contributed by atoms with E-state index in [-0.39, 0.29) is 29.3 Å². The molecule has 3 aromatic rings. The molecule has 7 heteroatoms. The summed E-state index contributed by atoms with van der Waals surface area (Å²) in [6.07, 6.45) is 9.27. The average Bonchev–Trinajstić information content (AvgIpc) is 3.56. The molecule has 3 aliphatic rings. The van der Waals surface area contributed by atoms with Gasteiger partial charge in [0.25, 0.3) is 5.91 Å². The Hall–Kier alpha value is -3.16. The first-order valence-corrected chi connectivity index (χ1v) is 15.1. The van der Waals surface area contributed by atoms with Crippen LogP contribution in [0.25, 0.3) is 11.1 Å². The van der Waals surface area contributed by atoms with Crippen molar-refractivity contribution in [2.24, 2.45) is 0 Å². The van der Waals surface area contributed by atoms with E-state index in [1.807, 2.05) is 34.0 Å². The second-order valence-electron chi connectivity index (χ2n) is 13.5. The van der Waals surface area contributed by atoms with E-state index < -0.39 is 0 Å². The highest BCUT2D eigenvalue weighted by atomic mass is 16.5. The molecule has 0 saturated carbocycles. The monoisotopic (exact) mass is 556 g/mol. The Kier molecular flexibility index (Phi) is 7.23. The van der Waals surface area contributed by atoms with Gasteiger partial charge in [0, 0.05) is 41.6 Å². The number of hydrogen-bond donors (Lipinski definition) is 1. The predicted octanol–water partition coefficient (Wildman–Crippen LogP) is 7.00. The van der Waals surface area contributed by atoms with Crippen molar-refractivity contribution in [1.82, 2.24) is 20.0 Å². The summed E-state index contributed by atoms with van der Waals surface area (Å²) in [4.78, 5) is 16.2. The van der Waals surface area contributed by atoms with Crippen LogP contribution in [-0.4, -0.2) is 45.4 Å². The van der Waals surface area contributed by atoms with E-state index in [0.717, 1.165) is 66.7 Å². The zero-order chi connectivity index (χ0) is 28.9. The minimum Gasteiger partial charge on any atom is -0.497 e. The molecule has 1 amide bonds. The van der Waals surface area contributed by atoms with Crippen LogP contribution in [0.5, 0.6) is 5.75 Å². The Morgan fingerprint density at radius 1 is 1.07 bits per heavy atom. The lowest BCUT2D eigenvalue weighted by Crippen LogP contribution is -2.57. The highest BCUT2D eigenvalue weighted by molar-refractivity contribution is 6.00. The van der Waals surface area contributed by atoms with Gasteiger partial charge in [-0.25, -0.2) is 4.68 Å². The van der Waals surface area contributed by atoms with E-state index in [0.29, 0.717) is 12.5 Å². The molecular formula is C34H44N4O3. The van der Waals surface area contributed by atoms with Gasteiger partial charge in [0.15, 0.2) is 0 Å². The van der Waals surface area contributed by atoms with Gasteiger partial charge in [0.2, 0.25) is 0 Å². The summed E-state index contributed by atoms with van der Waals surface area (Å²) in [6, 6.07) is 12.4. The van der Waals surface area contributed by atoms with Crippen LogP contribution in [0.2, 0.25) is 0 Å². The summed E-state index contributed by atoms with van der Waals surface area (Å²) in [6.45, 7) is 12.7. The summed E-state index contributed by atoms with van der Waals surface area (Å²) in [5.74, 6) is 1.24. The van der Waals surface area contributed by atoms with Gasteiger partial charge in [-0.3, -0.25) is 4.79 Å². The van der Waals surface area contributed by atoms with Crippen molar-refractivity contribution < 1.29 is 14.3 Å². The molecule has 1 N–H and O–H groups in total. The SMILES string of the molecule is COc1cccc([C@@H](C)N2Cc3c(cc(-c4cnn(C5CCCCO5)c4)cc3C3CC(C)(C)NC(C)(C)C3)C2=O)c1. The van der Waals surface area contributed by atoms with Crippen LogP contribution in [0.3, 0.4) is 0 Å². The van der Waals surface area contributed by atoms with E-state index in [1.54, 1.807) is 7.11 Å². The smallest absolute Gasteiger partial charge is 0.255 e.